The first kappa shape index (κ1) is 21.9. The number of hydrogen-bond acceptors (Lipinski definition) is 9. The molecule has 0 atom stereocenters. The molecule has 0 amide bonds. The highest BCUT2D eigenvalue weighted by Gasteiger charge is 2.21. The Hall–Kier alpha value is -4.36. The van der Waals surface area contributed by atoms with Gasteiger partial charge in [-0.15, -0.1) is 10.2 Å². The van der Waals surface area contributed by atoms with E-state index in [0.29, 0.717) is 0 Å². The van der Waals surface area contributed by atoms with Crippen LogP contribution in [-0.4, -0.2) is 37.9 Å². The first-order valence-corrected chi connectivity index (χ1v) is 10.7. The van der Waals surface area contributed by atoms with Gasteiger partial charge in [-0.25, -0.2) is 0 Å². The number of aromatic hydroxyl groups is 2. The van der Waals surface area contributed by atoms with Gasteiger partial charge in [-0.1, -0.05) is 30.3 Å². The van der Waals surface area contributed by atoms with E-state index in [2.05, 4.69) is 15.3 Å². The molecule has 0 saturated heterocycles. The van der Waals surface area contributed by atoms with Gasteiger partial charge in [0, 0.05) is 29.0 Å². The van der Waals surface area contributed by atoms with Crippen molar-refractivity contribution >= 4 is 38.0 Å². The Morgan fingerprint density at radius 2 is 1.67 bits per heavy atom. The maximum atomic E-state index is 11.7. The van der Waals surface area contributed by atoms with E-state index in [1.54, 1.807) is 12.1 Å². The van der Waals surface area contributed by atoms with E-state index < -0.39 is 31.6 Å². The van der Waals surface area contributed by atoms with E-state index in [0.717, 1.165) is 10.7 Å². The number of aryl methyl sites for hydroxylation is 1. The van der Waals surface area contributed by atoms with Gasteiger partial charge < -0.3 is 10.2 Å². The number of phenolic OH excluding ortho intramolecular Hbond substituents is 1. The molecule has 0 radical (unpaired) electrons. The molecule has 0 saturated carbocycles. The van der Waals surface area contributed by atoms with Crippen molar-refractivity contribution in [3.8, 4) is 17.3 Å². The van der Waals surface area contributed by atoms with Gasteiger partial charge in [-0.05, 0) is 13.0 Å². The highest BCUT2D eigenvalue weighted by molar-refractivity contribution is 7.86. The molecular weight excluding hydrogens is 454 g/mol. The van der Waals surface area contributed by atoms with Crippen LogP contribution in [0.1, 0.15) is 5.69 Å². The summed E-state index contributed by atoms with van der Waals surface area (Å²) < 4.78 is 33.9. The zero-order chi connectivity index (χ0) is 23.9. The third-order valence-electron chi connectivity index (χ3n) is 4.78. The van der Waals surface area contributed by atoms with Crippen molar-refractivity contribution in [2.75, 3.05) is 0 Å². The van der Waals surface area contributed by atoms with Crippen LogP contribution in [0.25, 0.3) is 16.5 Å². The van der Waals surface area contributed by atoms with Crippen molar-refractivity contribution in [3.63, 3.8) is 0 Å². The summed E-state index contributed by atoms with van der Waals surface area (Å²) in [5.41, 5.74) is 0.0976. The normalized spacial score (nSPS) is 11.9. The number of nitrogens with zero attached hydrogens (tertiary/aromatic N) is 5. The fourth-order valence-corrected chi connectivity index (χ4v) is 3.99. The van der Waals surface area contributed by atoms with Crippen LogP contribution in [-0.2, 0) is 10.1 Å². The van der Waals surface area contributed by atoms with Gasteiger partial charge in [0.2, 0.25) is 5.88 Å². The summed E-state index contributed by atoms with van der Waals surface area (Å²) in [5, 5.41) is 44.4. The lowest BCUT2D eigenvalue weighted by atomic mass is 10.1. The molecular formula is C20H15N5O7S. The first-order valence-electron chi connectivity index (χ1n) is 9.25. The molecule has 12 nitrogen and oxygen atoms in total. The Balaban J connectivity index is 1.83. The SMILES string of the molecule is Cc1nn(-c2cccc([N+](=O)[O-])c2)c(O)c1N=Nc1c(O)cc(S(=O)(=O)O)c2ccccc12. The zero-order valence-corrected chi connectivity index (χ0v) is 17.6. The topological polar surface area (TPSA) is 181 Å². The molecule has 0 bridgehead atoms. The monoisotopic (exact) mass is 469 g/mol. The van der Waals surface area contributed by atoms with Crippen LogP contribution in [0.4, 0.5) is 17.1 Å². The summed E-state index contributed by atoms with van der Waals surface area (Å²) in [6, 6.07) is 12.4. The number of hydrogen-bond donors (Lipinski definition) is 3. The van der Waals surface area contributed by atoms with Gasteiger partial charge in [-0.2, -0.15) is 18.2 Å². The van der Waals surface area contributed by atoms with Crippen LogP contribution >= 0.6 is 0 Å². The summed E-state index contributed by atoms with van der Waals surface area (Å²) in [6.45, 7) is 1.53. The van der Waals surface area contributed by atoms with E-state index in [4.69, 9.17) is 0 Å². The molecule has 1 aromatic heterocycles. The van der Waals surface area contributed by atoms with E-state index in [1.165, 1.54) is 43.3 Å². The minimum absolute atomic E-state index is 0.0659. The second-order valence-electron chi connectivity index (χ2n) is 6.91. The number of nitro benzene ring substituents is 1. The van der Waals surface area contributed by atoms with Crippen LogP contribution in [0.15, 0.2) is 69.7 Å². The molecule has 1 heterocycles. The predicted molar refractivity (Wildman–Crippen MR) is 116 cm³/mol. The number of fused-ring (bicyclic) bond motifs is 1. The third-order valence-corrected chi connectivity index (χ3v) is 5.67. The summed E-state index contributed by atoms with van der Waals surface area (Å²) >= 11 is 0. The van der Waals surface area contributed by atoms with Crippen molar-refractivity contribution in [1.29, 1.82) is 0 Å². The predicted octanol–water partition coefficient (Wildman–Crippen LogP) is 4.32. The summed E-state index contributed by atoms with van der Waals surface area (Å²) in [7, 11) is -4.62. The van der Waals surface area contributed by atoms with Gasteiger partial charge in [0.15, 0.2) is 5.69 Å². The second kappa shape index (κ2) is 7.96. The van der Waals surface area contributed by atoms with Crippen molar-refractivity contribution in [2.45, 2.75) is 11.8 Å². The Morgan fingerprint density at radius 3 is 2.33 bits per heavy atom. The van der Waals surface area contributed by atoms with Crippen LogP contribution < -0.4 is 0 Å². The molecule has 0 aliphatic rings. The number of rotatable bonds is 5. The minimum atomic E-state index is -4.62. The smallest absolute Gasteiger partial charge is 0.295 e. The lowest BCUT2D eigenvalue weighted by Crippen LogP contribution is -1.99. The number of nitro groups is 1. The highest BCUT2D eigenvalue weighted by Crippen LogP contribution is 2.41. The third kappa shape index (κ3) is 3.97. The Labute approximate surface area is 186 Å². The van der Waals surface area contributed by atoms with Gasteiger partial charge in [-0.3, -0.25) is 14.7 Å². The summed E-state index contributed by atoms with van der Waals surface area (Å²) in [4.78, 5) is 9.95. The molecule has 0 fully saturated rings. The molecule has 13 heteroatoms. The quantitative estimate of drug-likeness (QED) is 0.167. The maximum absolute atomic E-state index is 11.7. The van der Waals surface area contributed by atoms with Gasteiger partial charge in [0.05, 0.1) is 16.3 Å². The molecule has 0 spiro atoms. The minimum Gasteiger partial charge on any atom is -0.506 e. The molecule has 3 aromatic carbocycles. The van der Waals surface area contributed by atoms with Crippen LogP contribution in [0.5, 0.6) is 11.6 Å². The molecule has 4 aromatic rings. The van der Waals surface area contributed by atoms with Crippen molar-refractivity contribution in [3.05, 3.63) is 70.4 Å². The van der Waals surface area contributed by atoms with Gasteiger partial charge in [0.25, 0.3) is 15.8 Å². The van der Waals surface area contributed by atoms with Crippen molar-refractivity contribution in [2.24, 2.45) is 10.2 Å². The zero-order valence-electron chi connectivity index (χ0n) is 16.8. The molecule has 33 heavy (non-hydrogen) atoms. The fraction of sp³-hybridized carbons (Fsp3) is 0.0500. The molecule has 168 valence electrons. The average Bonchev–Trinajstić information content (AvgIpc) is 3.05. The molecule has 4 rings (SSSR count). The van der Waals surface area contributed by atoms with Crippen LogP contribution in [0.3, 0.4) is 0 Å². The fourth-order valence-electron chi connectivity index (χ4n) is 3.27. The Kier molecular flexibility index (Phi) is 5.27. The average molecular weight is 469 g/mol. The van der Waals surface area contributed by atoms with Crippen LogP contribution in [0, 0.1) is 17.0 Å². The van der Waals surface area contributed by atoms with E-state index in [-0.39, 0.29) is 39.2 Å². The number of aromatic nitrogens is 2. The van der Waals surface area contributed by atoms with E-state index >= 15 is 0 Å². The second-order valence-corrected chi connectivity index (χ2v) is 8.30. The standard InChI is InChI=1S/C20H15N5O7S/c1-11-18(20(27)24(23-11)12-5-4-6-13(9-12)25(28)29)21-22-19-15-8-3-2-7-14(15)17(10-16(19)26)33(30,31)32/h2-10,26-27H,1H3,(H,30,31,32). The lowest BCUT2D eigenvalue weighted by Gasteiger charge is -2.08. The number of benzene rings is 3. The lowest BCUT2D eigenvalue weighted by molar-refractivity contribution is -0.384. The molecule has 0 aliphatic carbocycles. The van der Waals surface area contributed by atoms with Gasteiger partial charge in [0.1, 0.15) is 16.3 Å². The molecule has 3 N–H and O–H groups in total. The Bertz CT molecular complexity index is 1560. The number of azo groups is 1. The van der Waals surface area contributed by atoms with Gasteiger partial charge >= 0.3 is 0 Å². The van der Waals surface area contributed by atoms with E-state index in [1.807, 2.05) is 0 Å². The highest BCUT2D eigenvalue weighted by atomic mass is 32.2. The van der Waals surface area contributed by atoms with E-state index in [9.17, 15) is 33.3 Å². The Morgan fingerprint density at radius 1 is 1.00 bits per heavy atom. The van der Waals surface area contributed by atoms with Crippen molar-refractivity contribution < 1.29 is 28.1 Å². The number of phenols is 1. The molecule has 0 unspecified atom stereocenters. The summed E-state index contributed by atoms with van der Waals surface area (Å²) in [5.74, 6) is -1.01. The number of non-ortho nitro benzene ring substituents is 1. The van der Waals surface area contributed by atoms with Crippen molar-refractivity contribution in [1.82, 2.24) is 9.78 Å². The maximum Gasteiger partial charge on any atom is 0.295 e. The largest absolute Gasteiger partial charge is 0.506 e. The first-order chi connectivity index (χ1) is 15.6. The van der Waals surface area contributed by atoms with Crippen LogP contribution in [0.2, 0.25) is 0 Å². The molecule has 0 aliphatic heterocycles. The summed E-state index contributed by atoms with van der Waals surface area (Å²) in [6.07, 6.45) is 0.